The van der Waals surface area contributed by atoms with Crippen LogP contribution in [0.5, 0.6) is 0 Å². The highest BCUT2D eigenvalue weighted by Gasteiger charge is 2.30. The average molecular weight is 388 g/mol. The van der Waals surface area contributed by atoms with E-state index in [2.05, 4.69) is 21.2 Å². The molecule has 1 N–H and O–H groups in total. The predicted octanol–water partition coefficient (Wildman–Crippen LogP) is 2.38. The molecule has 0 unspecified atom stereocenters. The molecule has 2 rings (SSSR count). The molecule has 0 spiro atoms. The van der Waals surface area contributed by atoms with Crippen molar-refractivity contribution in [3.8, 4) is 0 Å². The van der Waals surface area contributed by atoms with Crippen LogP contribution in [0.25, 0.3) is 0 Å². The summed E-state index contributed by atoms with van der Waals surface area (Å²) < 4.78 is 40.5. The van der Waals surface area contributed by atoms with E-state index in [0.29, 0.717) is 4.47 Å². The summed E-state index contributed by atoms with van der Waals surface area (Å²) in [5.41, 5.74) is 0. The molecule has 1 aromatic rings. The monoisotopic (exact) mass is 386 g/mol. The van der Waals surface area contributed by atoms with E-state index in [0.717, 1.165) is 25.9 Å². The van der Waals surface area contributed by atoms with Gasteiger partial charge in [0.2, 0.25) is 10.0 Å². The zero-order valence-electron chi connectivity index (χ0n) is 11.0. The Morgan fingerprint density at radius 2 is 1.95 bits per heavy atom. The Hall–Kier alpha value is -0.210. The Morgan fingerprint density at radius 3 is 2.50 bits per heavy atom. The van der Waals surface area contributed by atoms with E-state index in [1.54, 1.807) is 0 Å². The van der Waals surface area contributed by atoms with E-state index < -0.39 is 15.8 Å². The van der Waals surface area contributed by atoms with Crippen LogP contribution in [0.4, 0.5) is 4.39 Å². The summed E-state index contributed by atoms with van der Waals surface area (Å²) in [6.45, 7) is 1.57. The van der Waals surface area contributed by atoms with Crippen LogP contribution >= 0.6 is 28.3 Å². The fourth-order valence-corrected chi connectivity index (χ4v) is 4.00. The number of hydrogen-bond acceptors (Lipinski definition) is 3. The van der Waals surface area contributed by atoms with E-state index in [1.165, 1.54) is 29.6 Å². The van der Waals surface area contributed by atoms with Crippen LogP contribution in [0.3, 0.4) is 0 Å². The van der Waals surface area contributed by atoms with Crippen molar-refractivity contribution < 1.29 is 12.8 Å². The maximum absolute atomic E-state index is 13.8. The van der Waals surface area contributed by atoms with E-state index in [-0.39, 0.29) is 23.3 Å². The van der Waals surface area contributed by atoms with Gasteiger partial charge in [-0.2, -0.15) is 4.31 Å². The standard InChI is InChI=1S/C12H16BrFN2O2S.ClH/c1-16(10-4-6-15-7-5-10)19(17,18)12-3-2-9(13)8-11(12)14;/h2-3,8,10,15H,4-7H2,1H3;1H. The van der Waals surface area contributed by atoms with Gasteiger partial charge in [0.15, 0.2) is 0 Å². The third-order valence-electron chi connectivity index (χ3n) is 3.37. The quantitative estimate of drug-likeness (QED) is 0.866. The molecular formula is C12H17BrClFN2O2S. The lowest BCUT2D eigenvalue weighted by atomic mass is 10.1. The lowest BCUT2D eigenvalue weighted by molar-refractivity contribution is 0.295. The van der Waals surface area contributed by atoms with Crippen molar-refractivity contribution in [1.29, 1.82) is 0 Å². The molecule has 1 aliphatic rings. The fourth-order valence-electron chi connectivity index (χ4n) is 2.21. The molecule has 4 nitrogen and oxygen atoms in total. The molecule has 114 valence electrons. The second kappa shape index (κ2) is 7.17. The topological polar surface area (TPSA) is 49.4 Å². The highest BCUT2D eigenvalue weighted by molar-refractivity contribution is 9.10. The van der Waals surface area contributed by atoms with Gasteiger partial charge in [0.05, 0.1) is 0 Å². The lowest BCUT2D eigenvalue weighted by Crippen LogP contribution is -2.44. The van der Waals surface area contributed by atoms with Gasteiger partial charge in [-0.3, -0.25) is 0 Å². The minimum Gasteiger partial charge on any atom is -0.317 e. The summed E-state index contributed by atoms with van der Waals surface area (Å²) in [5, 5.41) is 3.18. The number of nitrogens with one attached hydrogen (secondary N) is 1. The van der Waals surface area contributed by atoms with Crippen molar-refractivity contribution >= 4 is 38.4 Å². The maximum Gasteiger partial charge on any atom is 0.245 e. The normalized spacial score (nSPS) is 17.0. The first-order valence-electron chi connectivity index (χ1n) is 6.07. The molecule has 20 heavy (non-hydrogen) atoms. The van der Waals surface area contributed by atoms with Crippen LogP contribution in [-0.2, 0) is 10.0 Å². The zero-order valence-corrected chi connectivity index (χ0v) is 14.2. The molecule has 1 fully saturated rings. The van der Waals surface area contributed by atoms with E-state index in [1.807, 2.05) is 0 Å². The Bertz CT molecular complexity index is 565. The number of piperidine rings is 1. The summed E-state index contributed by atoms with van der Waals surface area (Å²) in [7, 11) is -2.26. The first-order chi connectivity index (χ1) is 8.93. The summed E-state index contributed by atoms with van der Waals surface area (Å²) in [4.78, 5) is -0.267. The first kappa shape index (κ1) is 17.8. The van der Waals surface area contributed by atoms with Crippen LogP contribution in [0.15, 0.2) is 27.6 Å². The lowest BCUT2D eigenvalue weighted by Gasteiger charge is -2.30. The number of benzene rings is 1. The van der Waals surface area contributed by atoms with Crippen molar-refractivity contribution in [2.45, 2.75) is 23.8 Å². The molecule has 0 aliphatic carbocycles. The van der Waals surface area contributed by atoms with Crippen LogP contribution in [0.1, 0.15) is 12.8 Å². The largest absolute Gasteiger partial charge is 0.317 e. The molecule has 0 radical (unpaired) electrons. The zero-order chi connectivity index (χ0) is 14.0. The highest BCUT2D eigenvalue weighted by atomic mass is 79.9. The van der Waals surface area contributed by atoms with Gasteiger partial charge in [0, 0.05) is 17.6 Å². The smallest absolute Gasteiger partial charge is 0.245 e. The minimum absolute atomic E-state index is 0. The third kappa shape index (κ3) is 3.71. The molecule has 1 aliphatic heterocycles. The maximum atomic E-state index is 13.8. The van der Waals surface area contributed by atoms with Crippen molar-refractivity contribution in [3.05, 3.63) is 28.5 Å². The van der Waals surface area contributed by atoms with Crippen molar-refractivity contribution in [2.75, 3.05) is 20.1 Å². The van der Waals surface area contributed by atoms with E-state index in [4.69, 9.17) is 0 Å². The Labute approximate surface area is 133 Å². The van der Waals surface area contributed by atoms with Crippen molar-refractivity contribution in [3.63, 3.8) is 0 Å². The molecule has 0 aromatic heterocycles. The van der Waals surface area contributed by atoms with Crippen LogP contribution in [-0.4, -0.2) is 38.9 Å². The molecule has 0 saturated carbocycles. The van der Waals surface area contributed by atoms with Gasteiger partial charge < -0.3 is 5.32 Å². The number of sulfonamides is 1. The first-order valence-corrected chi connectivity index (χ1v) is 8.30. The fraction of sp³-hybridized carbons (Fsp3) is 0.500. The van der Waals surface area contributed by atoms with Gasteiger partial charge >= 0.3 is 0 Å². The summed E-state index contributed by atoms with van der Waals surface area (Å²) in [5.74, 6) is -0.727. The summed E-state index contributed by atoms with van der Waals surface area (Å²) in [6, 6.07) is 3.93. The minimum atomic E-state index is -3.78. The summed E-state index contributed by atoms with van der Waals surface area (Å²) in [6.07, 6.45) is 1.49. The highest BCUT2D eigenvalue weighted by Crippen LogP contribution is 2.25. The van der Waals surface area contributed by atoms with Gasteiger partial charge in [-0.15, -0.1) is 12.4 Å². The van der Waals surface area contributed by atoms with Gasteiger partial charge in [0.1, 0.15) is 10.7 Å². The van der Waals surface area contributed by atoms with Crippen LogP contribution < -0.4 is 5.32 Å². The number of hydrogen-bond donors (Lipinski definition) is 1. The molecular weight excluding hydrogens is 371 g/mol. The second-order valence-electron chi connectivity index (χ2n) is 4.58. The second-order valence-corrected chi connectivity index (χ2v) is 7.46. The third-order valence-corrected chi connectivity index (χ3v) is 5.81. The van der Waals surface area contributed by atoms with Gasteiger partial charge in [-0.05, 0) is 44.1 Å². The number of nitrogens with zero attached hydrogens (tertiary/aromatic N) is 1. The predicted molar refractivity (Wildman–Crippen MR) is 82.2 cm³/mol. The molecule has 0 bridgehead atoms. The van der Waals surface area contributed by atoms with Gasteiger partial charge in [0.25, 0.3) is 0 Å². The van der Waals surface area contributed by atoms with Gasteiger partial charge in [-0.1, -0.05) is 15.9 Å². The molecule has 1 saturated heterocycles. The molecule has 1 aromatic carbocycles. The van der Waals surface area contributed by atoms with Gasteiger partial charge in [-0.25, -0.2) is 12.8 Å². The Kier molecular flexibility index (Phi) is 6.40. The van der Waals surface area contributed by atoms with E-state index in [9.17, 15) is 12.8 Å². The van der Waals surface area contributed by atoms with E-state index >= 15 is 0 Å². The van der Waals surface area contributed by atoms with Crippen molar-refractivity contribution in [1.82, 2.24) is 9.62 Å². The molecule has 0 atom stereocenters. The Balaban J connectivity index is 0.00000200. The number of halogens is 3. The SMILES string of the molecule is CN(C1CCNCC1)S(=O)(=O)c1ccc(Br)cc1F.Cl. The number of rotatable bonds is 3. The molecule has 8 heteroatoms. The average Bonchev–Trinajstić information content (AvgIpc) is 2.38. The Morgan fingerprint density at radius 1 is 1.35 bits per heavy atom. The van der Waals surface area contributed by atoms with Crippen LogP contribution in [0, 0.1) is 5.82 Å². The molecule has 1 heterocycles. The molecule has 0 amide bonds. The van der Waals surface area contributed by atoms with Crippen molar-refractivity contribution in [2.24, 2.45) is 0 Å². The van der Waals surface area contributed by atoms with Crippen LogP contribution in [0.2, 0.25) is 0 Å². The summed E-state index contributed by atoms with van der Waals surface area (Å²) >= 11 is 3.12.